The van der Waals surface area contributed by atoms with Gasteiger partial charge in [0.2, 0.25) is 11.8 Å². The maximum absolute atomic E-state index is 11.8. The quantitative estimate of drug-likeness (QED) is 0.535. The number of amides is 4. The zero-order chi connectivity index (χ0) is 18.1. The molecule has 3 heterocycles. The van der Waals surface area contributed by atoms with Crippen LogP contribution in [0.3, 0.4) is 0 Å². The van der Waals surface area contributed by atoms with Crippen molar-refractivity contribution in [2.24, 2.45) is 5.92 Å². The van der Waals surface area contributed by atoms with E-state index in [9.17, 15) is 29.4 Å². The first-order valence-electron chi connectivity index (χ1n) is 7.74. The summed E-state index contributed by atoms with van der Waals surface area (Å²) in [5.41, 5.74) is 0. The molecule has 0 aromatic heterocycles. The van der Waals surface area contributed by atoms with E-state index >= 15 is 0 Å². The predicted molar refractivity (Wildman–Crippen MR) is 83.1 cm³/mol. The minimum atomic E-state index is -1.10. The van der Waals surface area contributed by atoms with Crippen LogP contribution in [0.2, 0.25) is 0 Å². The molecule has 0 fully saturated rings. The maximum atomic E-state index is 11.8. The van der Waals surface area contributed by atoms with Gasteiger partial charge in [-0.3, -0.25) is 24.1 Å². The lowest BCUT2D eigenvalue weighted by Gasteiger charge is -2.32. The molecule has 0 saturated carbocycles. The first-order chi connectivity index (χ1) is 11.9. The fourth-order valence-corrected chi connectivity index (χ4v) is 2.99. The maximum Gasteiger partial charge on any atom is 0.253 e. The van der Waals surface area contributed by atoms with Gasteiger partial charge in [-0.2, -0.15) is 0 Å². The summed E-state index contributed by atoms with van der Waals surface area (Å²) in [4.78, 5) is 50.6. The van der Waals surface area contributed by atoms with E-state index in [1.807, 2.05) is 0 Å². The Labute approximate surface area is 143 Å². The highest BCUT2D eigenvalue weighted by Crippen LogP contribution is 2.18. The van der Waals surface area contributed by atoms with Gasteiger partial charge in [-0.1, -0.05) is 0 Å². The van der Waals surface area contributed by atoms with Crippen LogP contribution >= 0.6 is 0 Å². The molecule has 9 heteroatoms. The minimum absolute atomic E-state index is 0.0144. The number of rotatable bonds is 6. The molecule has 0 radical (unpaired) electrons. The van der Waals surface area contributed by atoms with Crippen LogP contribution in [0.1, 0.15) is 0 Å². The Hall–Kier alpha value is -2.78. The van der Waals surface area contributed by atoms with Gasteiger partial charge in [-0.25, -0.2) is 0 Å². The van der Waals surface area contributed by atoms with Crippen LogP contribution in [-0.2, 0) is 19.2 Å². The highest BCUT2D eigenvalue weighted by molar-refractivity contribution is 6.12. The van der Waals surface area contributed by atoms with E-state index in [1.54, 1.807) is 0 Å². The molecule has 0 aromatic rings. The molecule has 2 unspecified atom stereocenters. The number of aliphatic hydroxyl groups is 2. The van der Waals surface area contributed by atoms with Crippen molar-refractivity contribution in [1.29, 1.82) is 0 Å². The van der Waals surface area contributed by atoms with Crippen molar-refractivity contribution < 1.29 is 29.4 Å². The lowest BCUT2D eigenvalue weighted by Crippen LogP contribution is -2.48. The third-order valence-corrected chi connectivity index (χ3v) is 4.28. The average Bonchev–Trinajstić information content (AvgIpc) is 3.17. The molecule has 0 aromatic carbocycles. The van der Waals surface area contributed by atoms with E-state index in [-0.39, 0.29) is 19.6 Å². The largest absolute Gasteiger partial charge is 0.370 e. The van der Waals surface area contributed by atoms with Crippen molar-refractivity contribution in [3.05, 3.63) is 36.5 Å². The smallest absolute Gasteiger partial charge is 0.253 e. The first-order valence-corrected chi connectivity index (χ1v) is 7.74. The summed E-state index contributed by atoms with van der Waals surface area (Å²) >= 11 is 0. The molecule has 4 amide bonds. The zero-order valence-electron chi connectivity index (χ0n) is 13.2. The number of hydrogen-bond acceptors (Lipinski definition) is 6. The average molecular weight is 347 g/mol. The summed E-state index contributed by atoms with van der Waals surface area (Å²) in [5.74, 6) is -2.30. The Morgan fingerprint density at radius 2 is 1.16 bits per heavy atom. The Bertz CT molecular complexity index is 657. The van der Waals surface area contributed by atoms with Gasteiger partial charge in [0.05, 0.1) is 0 Å². The van der Waals surface area contributed by atoms with Crippen molar-refractivity contribution >= 4 is 23.6 Å². The van der Waals surface area contributed by atoms with Crippen molar-refractivity contribution in [3.63, 3.8) is 0 Å². The van der Waals surface area contributed by atoms with Gasteiger partial charge < -0.3 is 20.0 Å². The van der Waals surface area contributed by atoms with Crippen molar-refractivity contribution in [3.8, 4) is 0 Å². The van der Waals surface area contributed by atoms with Gasteiger partial charge in [0.25, 0.3) is 11.8 Å². The van der Waals surface area contributed by atoms with E-state index in [1.165, 1.54) is 34.1 Å². The lowest BCUT2D eigenvalue weighted by atomic mass is 10.1. The van der Waals surface area contributed by atoms with Crippen LogP contribution in [0.15, 0.2) is 36.5 Å². The van der Waals surface area contributed by atoms with E-state index in [0.29, 0.717) is 0 Å². The molecule has 0 bridgehead atoms. The summed E-state index contributed by atoms with van der Waals surface area (Å²) in [6.07, 6.45) is 5.20. The van der Waals surface area contributed by atoms with E-state index in [0.717, 1.165) is 17.1 Å². The molecule has 0 saturated heterocycles. The normalized spacial score (nSPS) is 26.7. The van der Waals surface area contributed by atoms with Crippen LogP contribution in [-0.4, -0.2) is 80.6 Å². The molecule has 3 aliphatic heterocycles. The highest BCUT2D eigenvalue weighted by atomic mass is 16.3. The molecule has 0 aliphatic carbocycles. The molecule has 132 valence electrons. The van der Waals surface area contributed by atoms with Crippen LogP contribution < -0.4 is 0 Å². The molecule has 3 rings (SSSR count). The third-order valence-electron chi connectivity index (χ3n) is 4.28. The van der Waals surface area contributed by atoms with Crippen molar-refractivity contribution in [2.45, 2.75) is 12.5 Å². The van der Waals surface area contributed by atoms with Crippen LogP contribution in [0, 0.1) is 5.92 Å². The van der Waals surface area contributed by atoms with Gasteiger partial charge in [0.1, 0.15) is 12.5 Å². The number of imide groups is 1. The fourth-order valence-electron chi connectivity index (χ4n) is 2.99. The van der Waals surface area contributed by atoms with E-state index in [4.69, 9.17) is 0 Å². The Morgan fingerprint density at radius 1 is 0.720 bits per heavy atom. The van der Waals surface area contributed by atoms with E-state index in [2.05, 4.69) is 0 Å². The number of carbonyl (C=O) groups excluding carboxylic acids is 4. The van der Waals surface area contributed by atoms with Gasteiger partial charge in [-0.05, 0) is 12.2 Å². The molecule has 2 N–H and O–H groups in total. The zero-order valence-corrected chi connectivity index (χ0v) is 13.2. The van der Waals surface area contributed by atoms with Crippen molar-refractivity contribution in [1.82, 2.24) is 14.7 Å². The van der Waals surface area contributed by atoms with Gasteiger partial charge in [0.15, 0.2) is 0 Å². The molecule has 3 aliphatic rings. The SMILES string of the molecule is O=C1C=CC(=O)N1CC(CN1C(=O)C=CC1O)CN1C(=O)C=CC1O. The lowest BCUT2D eigenvalue weighted by molar-refractivity contribution is -0.138. The summed E-state index contributed by atoms with van der Waals surface area (Å²) < 4.78 is 0. The molecular weight excluding hydrogens is 330 g/mol. The third kappa shape index (κ3) is 3.37. The van der Waals surface area contributed by atoms with Crippen LogP contribution in [0.25, 0.3) is 0 Å². The van der Waals surface area contributed by atoms with Crippen LogP contribution in [0.4, 0.5) is 0 Å². The number of hydrogen-bond donors (Lipinski definition) is 2. The standard InChI is InChI=1S/C16H17N3O6/c20-11-1-2-12(21)17(11)7-10(8-18-13(22)3-4-14(18)23)9-19-15(24)5-6-16(19)25/h1-6,10-11,13,20,22H,7-9H2. The molecule has 0 spiro atoms. The summed E-state index contributed by atoms with van der Waals surface area (Å²) in [6, 6.07) is 0. The van der Waals surface area contributed by atoms with E-state index < -0.39 is 42.0 Å². The van der Waals surface area contributed by atoms with Crippen LogP contribution in [0.5, 0.6) is 0 Å². The number of nitrogens with zero attached hydrogens (tertiary/aromatic N) is 3. The molecule has 9 nitrogen and oxygen atoms in total. The predicted octanol–water partition coefficient (Wildman–Crippen LogP) is -2.04. The van der Waals surface area contributed by atoms with Gasteiger partial charge in [0, 0.05) is 49.9 Å². The summed E-state index contributed by atoms with van der Waals surface area (Å²) in [7, 11) is 0. The second-order valence-electron chi connectivity index (χ2n) is 6.01. The second-order valence-corrected chi connectivity index (χ2v) is 6.01. The van der Waals surface area contributed by atoms with Gasteiger partial charge in [-0.15, -0.1) is 0 Å². The van der Waals surface area contributed by atoms with Gasteiger partial charge >= 0.3 is 0 Å². The Balaban J connectivity index is 1.73. The second kappa shape index (κ2) is 6.61. The topological polar surface area (TPSA) is 118 Å². The Morgan fingerprint density at radius 3 is 1.52 bits per heavy atom. The molecule has 25 heavy (non-hydrogen) atoms. The highest BCUT2D eigenvalue weighted by Gasteiger charge is 2.34. The number of carbonyl (C=O) groups is 4. The van der Waals surface area contributed by atoms with Crippen molar-refractivity contribution in [2.75, 3.05) is 19.6 Å². The Kier molecular flexibility index (Phi) is 4.51. The summed E-state index contributed by atoms with van der Waals surface area (Å²) in [5, 5.41) is 19.7. The number of aliphatic hydroxyl groups excluding tert-OH is 2. The first kappa shape index (κ1) is 17.1. The minimum Gasteiger partial charge on any atom is -0.370 e. The molecule has 2 atom stereocenters. The molecular formula is C16H17N3O6. The summed E-state index contributed by atoms with van der Waals surface area (Å²) in [6.45, 7) is -0.0151. The monoisotopic (exact) mass is 347 g/mol. The fraction of sp³-hybridized carbons (Fsp3) is 0.375.